The summed E-state index contributed by atoms with van der Waals surface area (Å²) in [5.74, 6) is 0.655. The lowest BCUT2D eigenvalue weighted by Crippen LogP contribution is -2.11. The minimum absolute atomic E-state index is 0.0118. The molecule has 0 N–H and O–H groups in total. The number of carbonyl (C=O) groups is 1. The quantitative estimate of drug-likeness (QED) is 0.365. The molecule has 0 amide bonds. The van der Waals surface area contributed by atoms with E-state index >= 15 is 0 Å². The van der Waals surface area contributed by atoms with Crippen molar-refractivity contribution >= 4 is 11.7 Å². The number of non-ortho nitro benzene ring substituents is 1. The van der Waals surface area contributed by atoms with Crippen molar-refractivity contribution in [2.75, 3.05) is 7.11 Å². The Morgan fingerprint density at radius 2 is 1.62 bits per heavy atom. The first-order valence-electron chi connectivity index (χ1n) is 6.16. The van der Waals surface area contributed by atoms with Gasteiger partial charge in [0.2, 0.25) is 0 Å². The summed E-state index contributed by atoms with van der Waals surface area (Å²) in [7, 11) is 1.55. The molecule has 2 aromatic carbocycles. The summed E-state index contributed by atoms with van der Waals surface area (Å²) in [5, 5.41) is 10.5. The van der Waals surface area contributed by atoms with Gasteiger partial charge in [-0.3, -0.25) is 14.9 Å². The number of nitro groups is 1. The van der Waals surface area contributed by atoms with Gasteiger partial charge < -0.3 is 9.47 Å². The lowest BCUT2D eigenvalue weighted by atomic mass is 10.1. The lowest BCUT2D eigenvalue weighted by Gasteiger charge is -2.05. The van der Waals surface area contributed by atoms with Crippen LogP contribution in [0.4, 0.5) is 5.69 Å². The largest absolute Gasteiger partial charge is 0.497 e. The third-order valence-electron chi connectivity index (χ3n) is 2.79. The first-order chi connectivity index (χ1) is 10.1. The maximum absolute atomic E-state index is 11.8. The summed E-state index contributed by atoms with van der Waals surface area (Å²) < 4.78 is 10.2. The minimum Gasteiger partial charge on any atom is -0.497 e. The van der Waals surface area contributed by atoms with E-state index in [9.17, 15) is 14.9 Å². The van der Waals surface area contributed by atoms with Crippen LogP contribution < -0.4 is 9.47 Å². The Balaban J connectivity index is 1.95. The van der Waals surface area contributed by atoms with Gasteiger partial charge in [-0.25, -0.2) is 0 Å². The van der Waals surface area contributed by atoms with Gasteiger partial charge in [0.1, 0.15) is 11.5 Å². The molecule has 2 aromatic rings. The highest BCUT2D eigenvalue weighted by atomic mass is 16.6. The fraction of sp³-hybridized carbons (Fsp3) is 0.133. The van der Waals surface area contributed by atoms with Gasteiger partial charge in [-0.1, -0.05) is 12.1 Å². The summed E-state index contributed by atoms with van der Waals surface area (Å²) in [5.41, 5.74) is 0.640. The smallest absolute Gasteiger partial charge is 0.315 e. The normalized spacial score (nSPS) is 9.95. The highest BCUT2D eigenvalue weighted by Gasteiger charge is 2.09. The van der Waals surface area contributed by atoms with E-state index in [4.69, 9.17) is 9.47 Å². The first-order valence-corrected chi connectivity index (χ1v) is 6.16. The van der Waals surface area contributed by atoms with Crippen molar-refractivity contribution in [1.29, 1.82) is 0 Å². The molecule has 0 aliphatic carbocycles. The van der Waals surface area contributed by atoms with Crippen LogP contribution in [0.1, 0.15) is 5.56 Å². The van der Waals surface area contributed by atoms with Gasteiger partial charge in [0.25, 0.3) is 5.69 Å². The Hall–Kier alpha value is -2.89. The second-order valence-electron chi connectivity index (χ2n) is 4.25. The average molecular weight is 287 g/mol. The van der Waals surface area contributed by atoms with Gasteiger partial charge in [0.05, 0.1) is 18.5 Å². The van der Waals surface area contributed by atoms with E-state index in [-0.39, 0.29) is 12.1 Å². The second-order valence-corrected chi connectivity index (χ2v) is 4.25. The van der Waals surface area contributed by atoms with Gasteiger partial charge in [-0.05, 0) is 29.8 Å². The molecular weight excluding hydrogens is 274 g/mol. The number of rotatable bonds is 5. The van der Waals surface area contributed by atoms with Gasteiger partial charge in [0.15, 0.2) is 0 Å². The molecule has 0 aromatic heterocycles. The Morgan fingerprint density at radius 3 is 2.14 bits per heavy atom. The average Bonchev–Trinajstić information content (AvgIpc) is 2.48. The van der Waals surface area contributed by atoms with E-state index in [1.165, 1.54) is 24.3 Å². The van der Waals surface area contributed by atoms with Gasteiger partial charge in [0, 0.05) is 12.1 Å². The van der Waals surface area contributed by atoms with E-state index in [0.717, 1.165) is 0 Å². The van der Waals surface area contributed by atoms with Crippen molar-refractivity contribution in [3.8, 4) is 11.5 Å². The number of carbonyl (C=O) groups excluding carboxylic acids is 1. The van der Waals surface area contributed by atoms with E-state index in [1.54, 1.807) is 31.4 Å². The Bertz CT molecular complexity index is 634. The van der Waals surface area contributed by atoms with Crippen LogP contribution in [-0.2, 0) is 11.2 Å². The molecule has 6 nitrogen and oxygen atoms in total. The fourth-order valence-electron chi connectivity index (χ4n) is 1.71. The first kappa shape index (κ1) is 14.5. The molecule has 0 spiro atoms. The zero-order valence-corrected chi connectivity index (χ0v) is 11.3. The molecule has 0 atom stereocenters. The van der Waals surface area contributed by atoms with Crippen LogP contribution in [0.2, 0.25) is 0 Å². The number of esters is 1. The second kappa shape index (κ2) is 6.51. The number of nitro benzene ring substituents is 1. The van der Waals surface area contributed by atoms with Crippen LogP contribution in [-0.4, -0.2) is 18.0 Å². The van der Waals surface area contributed by atoms with Gasteiger partial charge in [-0.15, -0.1) is 0 Å². The summed E-state index contributed by atoms with van der Waals surface area (Å²) >= 11 is 0. The summed E-state index contributed by atoms with van der Waals surface area (Å²) in [6, 6.07) is 12.4. The predicted molar refractivity (Wildman–Crippen MR) is 75.4 cm³/mol. The Morgan fingerprint density at radius 1 is 1.05 bits per heavy atom. The van der Waals surface area contributed by atoms with Crippen LogP contribution in [0.5, 0.6) is 11.5 Å². The Kier molecular flexibility index (Phi) is 4.50. The maximum Gasteiger partial charge on any atom is 0.315 e. The molecule has 0 saturated carbocycles. The molecule has 6 heteroatoms. The van der Waals surface area contributed by atoms with Crippen molar-refractivity contribution in [1.82, 2.24) is 0 Å². The molecular formula is C15H13NO5. The van der Waals surface area contributed by atoms with Crippen LogP contribution in [0.15, 0.2) is 48.5 Å². The van der Waals surface area contributed by atoms with E-state index < -0.39 is 10.9 Å². The van der Waals surface area contributed by atoms with Crippen molar-refractivity contribution in [2.24, 2.45) is 0 Å². The van der Waals surface area contributed by atoms with Crippen molar-refractivity contribution in [3.05, 3.63) is 64.2 Å². The third kappa shape index (κ3) is 4.04. The van der Waals surface area contributed by atoms with E-state index in [2.05, 4.69) is 0 Å². The van der Waals surface area contributed by atoms with Crippen LogP contribution in [0.25, 0.3) is 0 Å². The molecule has 108 valence electrons. The number of nitrogens with zero attached hydrogens (tertiary/aromatic N) is 1. The van der Waals surface area contributed by atoms with Crippen LogP contribution >= 0.6 is 0 Å². The van der Waals surface area contributed by atoms with E-state index in [0.29, 0.717) is 17.1 Å². The van der Waals surface area contributed by atoms with Gasteiger partial charge >= 0.3 is 5.97 Å². The molecule has 21 heavy (non-hydrogen) atoms. The standard InChI is InChI=1S/C15H13NO5/c1-20-13-6-8-14(9-7-13)21-15(17)10-11-2-4-12(5-3-11)16(18)19/h2-9H,10H2,1H3. The summed E-state index contributed by atoms with van der Waals surface area (Å²) in [6.45, 7) is 0. The minimum atomic E-state index is -0.487. The zero-order valence-electron chi connectivity index (χ0n) is 11.3. The SMILES string of the molecule is COc1ccc(OC(=O)Cc2ccc([N+](=O)[O-])cc2)cc1. The van der Waals surface area contributed by atoms with Crippen LogP contribution in [0.3, 0.4) is 0 Å². The Labute approximate surface area is 121 Å². The lowest BCUT2D eigenvalue weighted by molar-refractivity contribution is -0.384. The van der Waals surface area contributed by atoms with E-state index in [1.807, 2.05) is 0 Å². The number of ether oxygens (including phenoxy) is 2. The predicted octanol–water partition coefficient (Wildman–Crippen LogP) is 2.75. The van der Waals surface area contributed by atoms with Gasteiger partial charge in [-0.2, -0.15) is 0 Å². The van der Waals surface area contributed by atoms with Crippen LogP contribution in [0, 0.1) is 10.1 Å². The molecule has 0 aliphatic rings. The van der Waals surface area contributed by atoms with Crippen molar-refractivity contribution in [3.63, 3.8) is 0 Å². The molecule has 0 heterocycles. The molecule has 2 rings (SSSR count). The molecule has 0 aliphatic heterocycles. The van der Waals surface area contributed by atoms with Crippen molar-refractivity contribution in [2.45, 2.75) is 6.42 Å². The zero-order chi connectivity index (χ0) is 15.2. The van der Waals surface area contributed by atoms with Crippen molar-refractivity contribution < 1.29 is 19.2 Å². The fourth-order valence-corrected chi connectivity index (χ4v) is 1.71. The third-order valence-corrected chi connectivity index (χ3v) is 2.79. The topological polar surface area (TPSA) is 78.7 Å². The number of benzene rings is 2. The summed E-state index contributed by atoms with van der Waals surface area (Å²) in [4.78, 5) is 21.8. The maximum atomic E-state index is 11.8. The molecule has 0 fully saturated rings. The highest BCUT2D eigenvalue weighted by Crippen LogP contribution is 2.18. The highest BCUT2D eigenvalue weighted by molar-refractivity contribution is 5.75. The molecule has 0 radical (unpaired) electrons. The molecule has 0 saturated heterocycles. The monoisotopic (exact) mass is 287 g/mol. The summed E-state index contributed by atoms with van der Waals surface area (Å²) in [6.07, 6.45) is 0.0457. The number of hydrogen-bond donors (Lipinski definition) is 0. The molecule has 0 bridgehead atoms. The molecule has 0 unspecified atom stereocenters. The number of hydrogen-bond acceptors (Lipinski definition) is 5. The number of methoxy groups -OCH3 is 1.